The maximum Gasteiger partial charge on any atom is 0.187 e. The van der Waals surface area contributed by atoms with Crippen molar-refractivity contribution in [3.63, 3.8) is 0 Å². The van der Waals surface area contributed by atoms with Crippen molar-refractivity contribution < 1.29 is 4.74 Å². The van der Waals surface area contributed by atoms with Crippen LogP contribution in [0.1, 0.15) is 31.5 Å². The fourth-order valence-corrected chi connectivity index (χ4v) is 4.31. The number of aromatic nitrogens is 5. The van der Waals surface area contributed by atoms with E-state index >= 15 is 0 Å². The molecule has 5 rings (SSSR count). The van der Waals surface area contributed by atoms with Crippen LogP contribution >= 0.6 is 0 Å². The van der Waals surface area contributed by atoms with Crippen LogP contribution in [0.3, 0.4) is 0 Å². The van der Waals surface area contributed by atoms with Crippen LogP contribution in [0.25, 0.3) is 16.9 Å². The number of hydrogen-bond donors (Lipinski definition) is 1. The number of anilines is 1. The van der Waals surface area contributed by atoms with E-state index in [4.69, 9.17) is 15.5 Å². The third-order valence-corrected chi connectivity index (χ3v) is 6.08. The van der Waals surface area contributed by atoms with E-state index < -0.39 is 0 Å². The number of morpholine rings is 1. The average Bonchev–Trinajstić information content (AvgIpc) is 3.19. The topological polar surface area (TPSA) is 95.0 Å². The lowest BCUT2D eigenvalue weighted by Gasteiger charge is -2.28. The lowest BCUT2D eigenvalue weighted by Crippen LogP contribution is -2.36. The molecule has 1 aliphatic heterocycles. The molecule has 152 valence electrons. The van der Waals surface area contributed by atoms with Gasteiger partial charge in [0.15, 0.2) is 11.2 Å². The molecule has 3 heterocycles. The van der Waals surface area contributed by atoms with E-state index in [1.54, 1.807) is 10.9 Å². The van der Waals surface area contributed by atoms with Gasteiger partial charge in [-0.15, -0.1) is 5.10 Å². The summed E-state index contributed by atoms with van der Waals surface area (Å²) in [5, 5.41) is 8.57. The van der Waals surface area contributed by atoms with E-state index in [0.717, 1.165) is 81.1 Å². The van der Waals surface area contributed by atoms with Gasteiger partial charge in [0.25, 0.3) is 0 Å². The van der Waals surface area contributed by atoms with Crippen LogP contribution in [0.2, 0.25) is 0 Å². The quantitative estimate of drug-likeness (QED) is 0.725. The molecule has 0 spiro atoms. The SMILES string of the molecule is NC1CCC(Cc2ncc3nnn(-c4ccc(N5CCOCC5)cc4)c3n2)CC1. The van der Waals surface area contributed by atoms with Crippen molar-refractivity contribution in [2.75, 3.05) is 31.2 Å². The second-order valence-electron chi connectivity index (χ2n) is 8.10. The first kappa shape index (κ1) is 18.4. The maximum absolute atomic E-state index is 6.03. The van der Waals surface area contributed by atoms with Gasteiger partial charge in [-0.3, -0.25) is 0 Å². The van der Waals surface area contributed by atoms with Crippen molar-refractivity contribution in [2.24, 2.45) is 11.7 Å². The Morgan fingerprint density at radius 2 is 1.72 bits per heavy atom. The molecule has 3 aromatic rings. The Kier molecular flexibility index (Phi) is 5.12. The van der Waals surface area contributed by atoms with Crippen LogP contribution in [-0.2, 0) is 11.2 Å². The molecule has 2 aromatic heterocycles. The molecule has 0 radical (unpaired) electrons. The van der Waals surface area contributed by atoms with Crippen molar-refractivity contribution in [3.8, 4) is 5.69 Å². The summed E-state index contributed by atoms with van der Waals surface area (Å²) < 4.78 is 7.24. The molecule has 2 aliphatic rings. The highest BCUT2D eigenvalue weighted by Crippen LogP contribution is 2.26. The third kappa shape index (κ3) is 3.95. The molecule has 0 bridgehead atoms. The Morgan fingerprint density at radius 1 is 1.00 bits per heavy atom. The summed E-state index contributed by atoms with van der Waals surface area (Å²) in [7, 11) is 0. The van der Waals surface area contributed by atoms with Gasteiger partial charge in [-0.1, -0.05) is 5.21 Å². The molecule has 0 atom stereocenters. The normalized spacial score (nSPS) is 22.9. The molecule has 8 heteroatoms. The van der Waals surface area contributed by atoms with Crippen molar-refractivity contribution in [2.45, 2.75) is 38.1 Å². The second-order valence-corrected chi connectivity index (χ2v) is 8.10. The van der Waals surface area contributed by atoms with Crippen LogP contribution in [-0.4, -0.2) is 57.3 Å². The van der Waals surface area contributed by atoms with Gasteiger partial charge in [-0.25, -0.2) is 9.97 Å². The van der Waals surface area contributed by atoms with Gasteiger partial charge in [-0.05, 0) is 55.9 Å². The predicted molar refractivity (Wildman–Crippen MR) is 111 cm³/mol. The summed E-state index contributed by atoms with van der Waals surface area (Å²) >= 11 is 0. The molecule has 1 aromatic carbocycles. The third-order valence-electron chi connectivity index (χ3n) is 6.08. The molecule has 0 amide bonds. The number of ether oxygens (including phenoxy) is 1. The second kappa shape index (κ2) is 8.04. The van der Waals surface area contributed by atoms with E-state index in [-0.39, 0.29) is 0 Å². The van der Waals surface area contributed by atoms with Gasteiger partial charge in [0, 0.05) is 31.2 Å². The summed E-state index contributed by atoms with van der Waals surface area (Å²) in [4.78, 5) is 11.7. The smallest absolute Gasteiger partial charge is 0.187 e. The minimum Gasteiger partial charge on any atom is -0.378 e. The van der Waals surface area contributed by atoms with Crippen LogP contribution in [0.4, 0.5) is 5.69 Å². The minimum absolute atomic E-state index is 0.362. The molecular formula is C21H27N7O. The van der Waals surface area contributed by atoms with Crippen molar-refractivity contribution in [1.29, 1.82) is 0 Å². The monoisotopic (exact) mass is 393 g/mol. The largest absolute Gasteiger partial charge is 0.378 e. The molecule has 0 unspecified atom stereocenters. The highest BCUT2D eigenvalue weighted by atomic mass is 16.5. The summed E-state index contributed by atoms with van der Waals surface area (Å²) in [6, 6.07) is 8.76. The molecule has 1 saturated carbocycles. The first-order valence-corrected chi connectivity index (χ1v) is 10.5. The van der Waals surface area contributed by atoms with Crippen molar-refractivity contribution in [3.05, 3.63) is 36.3 Å². The van der Waals surface area contributed by atoms with Crippen molar-refractivity contribution in [1.82, 2.24) is 25.0 Å². The van der Waals surface area contributed by atoms with Crippen LogP contribution in [0, 0.1) is 5.92 Å². The molecule has 2 N–H and O–H groups in total. The van der Waals surface area contributed by atoms with Gasteiger partial charge < -0.3 is 15.4 Å². The highest BCUT2D eigenvalue weighted by Gasteiger charge is 2.20. The van der Waals surface area contributed by atoms with Gasteiger partial charge in [-0.2, -0.15) is 4.68 Å². The van der Waals surface area contributed by atoms with Crippen LogP contribution in [0.15, 0.2) is 30.5 Å². The maximum atomic E-state index is 6.03. The first-order chi connectivity index (χ1) is 14.3. The van der Waals surface area contributed by atoms with Gasteiger partial charge in [0.05, 0.1) is 25.1 Å². The molecule has 1 saturated heterocycles. The fraction of sp³-hybridized carbons (Fsp3) is 0.524. The number of fused-ring (bicyclic) bond motifs is 1. The molecule has 29 heavy (non-hydrogen) atoms. The Labute approximate surface area is 170 Å². The number of benzene rings is 1. The lowest BCUT2D eigenvalue weighted by molar-refractivity contribution is 0.122. The summed E-state index contributed by atoms with van der Waals surface area (Å²) in [6.07, 6.45) is 7.19. The Morgan fingerprint density at radius 3 is 2.48 bits per heavy atom. The number of nitrogens with two attached hydrogens (primary N) is 1. The van der Waals surface area contributed by atoms with Gasteiger partial charge >= 0.3 is 0 Å². The van der Waals surface area contributed by atoms with E-state index in [9.17, 15) is 0 Å². The minimum atomic E-state index is 0.362. The molecular weight excluding hydrogens is 366 g/mol. The zero-order chi connectivity index (χ0) is 19.6. The fourth-order valence-electron chi connectivity index (χ4n) is 4.31. The van der Waals surface area contributed by atoms with E-state index in [1.807, 2.05) is 0 Å². The van der Waals surface area contributed by atoms with E-state index in [2.05, 4.69) is 44.5 Å². The summed E-state index contributed by atoms with van der Waals surface area (Å²) in [5.74, 6) is 1.48. The molecule has 2 fully saturated rings. The standard InChI is InChI=1S/C21H27N7O/c22-16-3-1-15(2-4-16)13-20-23-14-19-21(24-20)28(26-25-19)18-7-5-17(6-8-18)27-9-11-29-12-10-27/h5-8,14-16H,1-4,9-13,22H2. The Hall–Kier alpha value is -2.58. The predicted octanol–water partition coefficient (Wildman–Crippen LogP) is 2.11. The molecule has 8 nitrogen and oxygen atoms in total. The highest BCUT2D eigenvalue weighted by molar-refractivity contribution is 5.70. The summed E-state index contributed by atoms with van der Waals surface area (Å²) in [6.45, 7) is 3.41. The number of hydrogen-bond acceptors (Lipinski definition) is 7. The Balaban J connectivity index is 1.37. The molecule has 1 aliphatic carbocycles. The van der Waals surface area contributed by atoms with Crippen LogP contribution in [0.5, 0.6) is 0 Å². The lowest BCUT2D eigenvalue weighted by atomic mass is 9.84. The van der Waals surface area contributed by atoms with Crippen molar-refractivity contribution >= 4 is 16.9 Å². The van der Waals surface area contributed by atoms with E-state index in [1.165, 1.54) is 5.69 Å². The average molecular weight is 393 g/mol. The van der Waals surface area contributed by atoms with E-state index in [0.29, 0.717) is 12.0 Å². The zero-order valence-electron chi connectivity index (χ0n) is 16.6. The zero-order valence-corrected chi connectivity index (χ0v) is 16.6. The van der Waals surface area contributed by atoms with Crippen LogP contribution < -0.4 is 10.6 Å². The number of nitrogens with zero attached hydrogens (tertiary/aromatic N) is 6. The van der Waals surface area contributed by atoms with Gasteiger partial charge in [0.2, 0.25) is 0 Å². The first-order valence-electron chi connectivity index (χ1n) is 10.5. The van der Waals surface area contributed by atoms with Gasteiger partial charge in [0.1, 0.15) is 5.82 Å². The summed E-state index contributed by atoms with van der Waals surface area (Å²) in [5.41, 5.74) is 9.67. The number of rotatable bonds is 4. The Bertz CT molecular complexity index is 957.